The first-order valence-corrected chi connectivity index (χ1v) is 12.2. The molecule has 9 nitrogen and oxygen atoms in total. The first-order valence-electron chi connectivity index (χ1n) is 11.0. The standard InChI is InChI=1S/C22H31N7O2S/c1-3-31-18(30)16-24-21-19(28-27-17-10-6-4-7-11-17)20(25-22(26-21)32-2)23-12-15-29-13-8-5-9-14-29/h4,6-7,10-11H,3,5,8-9,12-16H2,1-2H3,(H2,23,24,25,26)/b28-27+. The first-order chi connectivity index (χ1) is 15.7. The minimum absolute atomic E-state index is 0.0141. The fourth-order valence-corrected chi connectivity index (χ4v) is 3.72. The minimum atomic E-state index is -0.359. The van der Waals surface area contributed by atoms with Crippen LogP contribution >= 0.6 is 11.8 Å². The van der Waals surface area contributed by atoms with Gasteiger partial charge in [0, 0.05) is 13.1 Å². The Balaban J connectivity index is 1.82. The predicted octanol–water partition coefficient (Wildman–Crippen LogP) is 4.49. The summed E-state index contributed by atoms with van der Waals surface area (Å²) in [5.41, 5.74) is 1.19. The number of azo groups is 1. The third-order valence-corrected chi connectivity index (χ3v) is 5.49. The lowest BCUT2D eigenvalue weighted by Crippen LogP contribution is -2.33. The van der Waals surface area contributed by atoms with Crippen LogP contribution in [0.4, 0.5) is 23.0 Å². The van der Waals surface area contributed by atoms with Crippen molar-refractivity contribution in [3.05, 3.63) is 30.3 Å². The molecule has 0 spiro atoms. The molecular weight excluding hydrogens is 426 g/mol. The van der Waals surface area contributed by atoms with Crippen LogP contribution in [0.15, 0.2) is 45.7 Å². The molecule has 0 bridgehead atoms. The molecule has 0 atom stereocenters. The van der Waals surface area contributed by atoms with E-state index in [9.17, 15) is 4.79 Å². The molecule has 1 aromatic carbocycles. The molecule has 2 heterocycles. The summed E-state index contributed by atoms with van der Waals surface area (Å²) < 4.78 is 5.03. The Labute approximate surface area is 193 Å². The van der Waals surface area contributed by atoms with E-state index in [4.69, 9.17) is 4.74 Å². The number of aromatic nitrogens is 2. The number of benzene rings is 1. The monoisotopic (exact) mass is 457 g/mol. The maximum Gasteiger partial charge on any atom is 0.325 e. The quantitative estimate of drug-likeness (QED) is 0.220. The van der Waals surface area contributed by atoms with Gasteiger partial charge in [-0.2, -0.15) is 5.11 Å². The smallest absolute Gasteiger partial charge is 0.325 e. The maximum absolute atomic E-state index is 11.9. The lowest BCUT2D eigenvalue weighted by Gasteiger charge is -2.26. The van der Waals surface area contributed by atoms with E-state index in [0.717, 1.165) is 31.9 Å². The molecule has 0 amide bonds. The average molecular weight is 458 g/mol. The van der Waals surface area contributed by atoms with Crippen LogP contribution in [-0.2, 0) is 9.53 Å². The molecule has 0 aliphatic carbocycles. The predicted molar refractivity (Wildman–Crippen MR) is 128 cm³/mol. The zero-order valence-electron chi connectivity index (χ0n) is 18.7. The molecule has 32 heavy (non-hydrogen) atoms. The summed E-state index contributed by atoms with van der Waals surface area (Å²) in [6, 6.07) is 9.47. The second-order valence-corrected chi connectivity index (χ2v) is 8.05. The highest BCUT2D eigenvalue weighted by atomic mass is 32.2. The number of anilines is 2. The summed E-state index contributed by atoms with van der Waals surface area (Å²) in [7, 11) is 0. The first kappa shape index (κ1) is 23.9. The Hall–Kier alpha value is -2.72. The van der Waals surface area contributed by atoms with Gasteiger partial charge in [-0.25, -0.2) is 9.97 Å². The number of hydrogen-bond donors (Lipinski definition) is 2. The lowest BCUT2D eigenvalue weighted by molar-refractivity contribution is -0.140. The van der Waals surface area contributed by atoms with Gasteiger partial charge in [0.05, 0.1) is 12.3 Å². The van der Waals surface area contributed by atoms with Gasteiger partial charge < -0.3 is 20.3 Å². The summed E-state index contributed by atoms with van der Waals surface area (Å²) >= 11 is 1.43. The molecule has 1 saturated heterocycles. The second-order valence-electron chi connectivity index (χ2n) is 7.28. The molecule has 0 saturated carbocycles. The van der Waals surface area contributed by atoms with E-state index >= 15 is 0 Å². The number of carbonyl (C=O) groups excluding carboxylic acids is 1. The Bertz CT molecular complexity index is 889. The third-order valence-electron chi connectivity index (χ3n) is 4.94. The van der Waals surface area contributed by atoms with Crippen LogP contribution in [0.25, 0.3) is 0 Å². The molecule has 0 unspecified atom stereocenters. The Kier molecular flexibility index (Phi) is 9.70. The van der Waals surface area contributed by atoms with Gasteiger partial charge in [-0.3, -0.25) is 4.79 Å². The van der Waals surface area contributed by atoms with E-state index in [1.807, 2.05) is 36.6 Å². The van der Waals surface area contributed by atoms with Crippen LogP contribution in [-0.4, -0.2) is 66.4 Å². The molecule has 172 valence electrons. The van der Waals surface area contributed by atoms with Crippen molar-refractivity contribution in [1.29, 1.82) is 0 Å². The zero-order valence-corrected chi connectivity index (χ0v) is 19.5. The summed E-state index contributed by atoms with van der Waals surface area (Å²) in [6.45, 7) is 6.01. The van der Waals surface area contributed by atoms with Gasteiger partial charge in [0.15, 0.2) is 22.5 Å². The van der Waals surface area contributed by atoms with Crippen molar-refractivity contribution in [2.24, 2.45) is 10.2 Å². The SMILES string of the molecule is CCOC(=O)CNc1nc(SC)nc(NCCN2CCCCC2)c1/N=N/c1ccccc1. The van der Waals surface area contributed by atoms with E-state index < -0.39 is 0 Å². The number of piperidine rings is 1. The fraction of sp³-hybridized carbons (Fsp3) is 0.500. The highest BCUT2D eigenvalue weighted by Gasteiger charge is 2.17. The number of rotatable bonds is 11. The lowest BCUT2D eigenvalue weighted by atomic mass is 10.1. The van der Waals surface area contributed by atoms with E-state index in [1.54, 1.807) is 6.92 Å². The van der Waals surface area contributed by atoms with Crippen molar-refractivity contribution in [3.63, 3.8) is 0 Å². The molecule has 1 aromatic heterocycles. The van der Waals surface area contributed by atoms with Crippen LogP contribution in [0.2, 0.25) is 0 Å². The topological polar surface area (TPSA) is 104 Å². The number of nitrogens with one attached hydrogen (secondary N) is 2. The number of thioether (sulfide) groups is 1. The van der Waals surface area contributed by atoms with Gasteiger partial charge in [0.2, 0.25) is 0 Å². The van der Waals surface area contributed by atoms with Crippen LogP contribution < -0.4 is 10.6 Å². The van der Waals surface area contributed by atoms with Crippen LogP contribution in [0.5, 0.6) is 0 Å². The van der Waals surface area contributed by atoms with E-state index in [1.165, 1.54) is 31.0 Å². The summed E-state index contributed by atoms with van der Waals surface area (Å²) in [4.78, 5) is 23.5. The van der Waals surface area contributed by atoms with Crippen molar-refractivity contribution in [1.82, 2.24) is 14.9 Å². The Morgan fingerprint density at radius 1 is 1.09 bits per heavy atom. The van der Waals surface area contributed by atoms with Gasteiger partial charge in [-0.15, -0.1) is 5.11 Å². The molecule has 0 radical (unpaired) electrons. The van der Waals surface area contributed by atoms with Crippen LogP contribution in [0.1, 0.15) is 26.2 Å². The minimum Gasteiger partial charge on any atom is -0.465 e. The van der Waals surface area contributed by atoms with Crippen molar-refractivity contribution in [3.8, 4) is 0 Å². The zero-order chi connectivity index (χ0) is 22.6. The normalized spacial score (nSPS) is 14.4. The van der Waals surface area contributed by atoms with Crippen LogP contribution in [0, 0.1) is 0 Å². The van der Waals surface area contributed by atoms with Gasteiger partial charge >= 0.3 is 5.97 Å². The number of hydrogen-bond acceptors (Lipinski definition) is 10. The largest absolute Gasteiger partial charge is 0.465 e. The summed E-state index contributed by atoms with van der Waals surface area (Å²) in [6.07, 6.45) is 5.73. The number of carbonyl (C=O) groups is 1. The molecule has 10 heteroatoms. The second kappa shape index (κ2) is 13.0. The summed E-state index contributed by atoms with van der Waals surface area (Å²) in [5, 5.41) is 15.8. The van der Waals surface area contributed by atoms with Crippen LogP contribution in [0.3, 0.4) is 0 Å². The Morgan fingerprint density at radius 3 is 2.50 bits per heavy atom. The third kappa shape index (κ3) is 7.45. The highest BCUT2D eigenvalue weighted by Crippen LogP contribution is 2.34. The van der Waals surface area contributed by atoms with E-state index in [-0.39, 0.29) is 12.5 Å². The molecule has 2 aromatic rings. The van der Waals surface area contributed by atoms with Gasteiger partial charge in [0.25, 0.3) is 0 Å². The number of esters is 1. The molecule has 3 rings (SSSR count). The fourth-order valence-electron chi connectivity index (χ4n) is 3.35. The van der Waals surface area contributed by atoms with Gasteiger partial charge in [-0.1, -0.05) is 36.4 Å². The van der Waals surface area contributed by atoms with E-state index in [2.05, 4.69) is 35.7 Å². The highest BCUT2D eigenvalue weighted by molar-refractivity contribution is 7.98. The van der Waals surface area contributed by atoms with Gasteiger partial charge in [0.1, 0.15) is 6.54 Å². The number of ether oxygens (including phenoxy) is 1. The average Bonchev–Trinajstić information content (AvgIpc) is 2.83. The van der Waals surface area contributed by atoms with Gasteiger partial charge in [-0.05, 0) is 51.2 Å². The number of likely N-dealkylation sites (tertiary alicyclic amines) is 1. The molecular formula is C22H31N7O2S. The molecule has 1 fully saturated rings. The van der Waals surface area contributed by atoms with Crippen molar-refractivity contribution >= 4 is 40.7 Å². The van der Waals surface area contributed by atoms with E-state index in [0.29, 0.717) is 29.1 Å². The summed E-state index contributed by atoms with van der Waals surface area (Å²) in [5.74, 6) is 0.673. The van der Waals surface area contributed by atoms with Crippen molar-refractivity contribution in [2.45, 2.75) is 31.3 Å². The number of nitrogens with zero attached hydrogens (tertiary/aromatic N) is 5. The molecule has 1 aliphatic rings. The van der Waals surface area contributed by atoms with Crippen molar-refractivity contribution < 1.29 is 9.53 Å². The maximum atomic E-state index is 11.9. The molecule has 2 N–H and O–H groups in total. The molecule has 1 aliphatic heterocycles. The Morgan fingerprint density at radius 2 is 1.81 bits per heavy atom. The van der Waals surface area contributed by atoms with Crippen molar-refractivity contribution in [2.75, 3.05) is 56.2 Å².